The quantitative estimate of drug-likeness (QED) is 0.504. The molecule has 0 saturated carbocycles. The molecule has 0 atom stereocenters. The number of sulfonamides is 1. The van der Waals surface area contributed by atoms with E-state index in [2.05, 4.69) is 10.2 Å². The molecule has 1 aliphatic rings. The van der Waals surface area contributed by atoms with E-state index in [1.807, 2.05) is 0 Å². The standard InChI is InChI=1S/C24H30FN3O5S.ClH/c1-27(2)34(31,32)20-8-9-22(33-3)21(16-20)24(30)26-12-15-28-13-10-18(11-14-28)23(29)17-4-6-19(25)7-5-17;/h4-9,16,18H,10-15H2,1-3H3,(H,26,30);1H. The number of ether oxygens (including phenoxy) is 1. The van der Waals surface area contributed by atoms with E-state index in [0.717, 1.165) is 4.31 Å². The summed E-state index contributed by atoms with van der Waals surface area (Å²) in [7, 11) is 0.586. The zero-order valence-electron chi connectivity index (χ0n) is 20.0. The number of rotatable bonds is 9. The third kappa shape index (κ3) is 7.00. The fraction of sp³-hybridized carbons (Fsp3) is 0.417. The molecule has 11 heteroatoms. The molecule has 1 heterocycles. The number of nitrogens with one attached hydrogen (secondary N) is 1. The average molecular weight is 528 g/mol. The Balaban J connectivity index is 0.00000432. The summed E-state index contributed by atoms with van der Waals surface area (Å²) >= 11 is 0. The van der Waals surface area contributed by atoms with E-state index in [1.165, 1.54) is 63.7 Å². The minimum absolute atomic E-state index is 0. The number of carbonyl (C=O) groups is 2. The predicted molar refractivity (Wildman–Crippen MR) is 133 cm³/mol. The van der Waals surface area contributed by atoms with Crippen molar-refractivity contribution < 1.29 is 27.1 Å². The number of methoxy groups -OCH3 is 1. The highest BCUT2D eigenvalue weighted by Gasteiger charge is 2.26. The molecule has 1 amide bonds. The van der Waals surface area contributed by atoms with Crippen molar-refractivity contribution in [2.24, 2.45) is 5.92 Å². The van der Waals surface area contributed by atoms with Crippen LogP contribution < -0.4 is 10.1 Å². The summed E-state index contributed by atoms with van der Waals surface area (Å²) in [6, 6.07) is 9.82. The van der Waals surface area contributed by atoms with Gasteiger partial charge < -0.3 is 15.0 Å². The summed E-state index contributed by atoms with van der Waals surface area (Å²) in [5.74, 6) is -0.559. The van der Waals surface area contributed by atoms with Crippen LogP contribution in [0.1, 0.15) is 33.6 Å². The van der Waals surface area contributed by atoms with Crippen LogP contribution in [0.15, 0.2) is 47.4 Å². The lowest BCUT2D eigenvalue weighted by atomic mass is 9.89. The summed E-state index contributed by atoms with van der Waals surface area (Å²) in [6.45, 7) is 2.39. The molecule has 0 unspecified atom stereocenters. The van der Waals surface area contributed by atoms with E-state index in [9.17, 15) is 22.4 Å². The summed E-state index contributed by atoms with van der Waals surface area (Å²) in [5.41, 5.74) is 0.675. The zero-order valence-corrected chi connectivity index (χ0v) is 21.6. The predicted octanol–water partition coefficient (Wildman–Crippen LogP) is 2.83. The monoisotopic (exact) mass is 527 g/mol. The first-order valence-corrected chi connectivity index (χ1v) is 12.5. The van der Waals surface area contributed by atoms with Crippen molar-refractivity contribution in [1.29, 1.82) is 0 Å². The maximum atomic E-state index is 13.1. The number of hydrogen-bond donors (Lipinski definition) is 1. The van der Waals surface area contributed by atoms with Crippen LogP contribution in [0.3, 0.4) is 0 Å². The van der Waals surface area contributed by atoms with E-state index in [0.29, 0.717) is 44.6 Å². The smallest absolute Gasteiger partial charge is 0.255 e. The molecule has 0 bridgehead atoms. The third-order valence-electron chi connectivity index (χ3n) is 5.99. The highest BCUT2D eigenvalue weighted by atomic mass is 35.5. The fourth-order valence-corrected chi connectivity index (χ4v) is 4.86. The molecule has 0 aliphatic carbocycles. The van der Waals surface area contributed by atoms with Gasteiger partial charge in [-0.15, -0.1) is 12.4 Å². The Labute approximate surface area is 211 Å². The first-order valence-electron chi connectivity index (χ1n) is 11.0. The van der Waals surface area contributed by atoms with E-state index < -0.39 is 15.9 Å². The van der Waals surface area contributed by atoms with Crippen molar-refractivity contribution in [2.75, 3.05) is 47.4 Å². The van der Waals surface area contributed by atoms with E-state index >= 15 is 0 Å². The fourth-order valence-electron chi connectivity index (χ4n) is 3.93. The number of likely N-dealkylation sites (tertiary alicyclic amines) is 1. The number of Topliss-reactive ketones (excluding diaryl/α,β-unsaturated/α-hetero) is 1. The number of carbonyl (C=O) groups excluding carboxylic acids is 2. The van der Waals surface area contributed by atoms with Gasteiger partial charge in [0.1, 0.15) is 11.6 Å². The minimum Gasteiger partial charge on any atom is -0.496 e. The van der Waals surface area contributed by atoms with Crippen LogP contribution >= 0.6 is 12.4 Å². The molecule has 35 heavy (non-hydrogen) atoms. The van der Waals surface area contributed by atoms with Crippen LogP contribution in [0.2, 0.25) is 0 Å². The molecule has 1 aliphatic heterocycles. The molecule has 3 rings (SSSR count). The Kier molecular flexibility index (Phi) is 10.2. The van der Waals surface area contributed by atoms with Crippen molar-refractivity contribution in [3.63, 3.8) is 0 Å². The van der Waals surface area contributed by atoms with Crippen LogP contribution in [0.4, 0.5) is 4.39 Å². The van der Waals surface area contributed by atoms with Gasteiger partial charge in [-0.3, -0.25) is 9.59 Å². The lowest BCUT2D eigenvalue weighted by Gasteiger charge is -2.31. The molecule has 2 aromatic rings. The maximum absolute atomic E-state index is 13.1. The minimum atomic E-state index is -3.69. The van der Waals surface area contributed by atoms with Crippen LogP contribution in [0.5, 0.6) is 5.75 Å². The molecule has 1 N–H and O–H groups in total. The number of benzene rings is 2. The largest absolute Gasteiger partial charge is 0.496 e. The molecule has 1 fully saturated rings. The normalized spacial score (nSPS) is 14.9. The molecule has 2 aromatic carbocycles. The number of halogens is 2. The molecular formula is C24H31ClFN3O5S. The van der Waals surface area contributed by atoms with Crippen LogP contribution in [-0.4, -0.2) is 76.7 Å². The maximum Gasteiger partial charge on any atom is 0.255 e. The Morgan fingerprint density at radius 1 is 1.11 bits per heavy atom. The second-order valence-electron chi connectivity index (χ2n) is 8.39. The molecule has 0 aromatic heterocycles. The Morgan fingerprint density at radius 3 is 2.31 bits per heavy atom. The molecule has 0 radical (unpaired) electrons. The van der Waals surface area contributed by atoms with Gasteiger partial charge in [0.05, 0.1) is 17.6 Å². The number of ketones is 1. The topological polar surface area (TPSA) is 96.0 Å². The van der Waals surface area contributed by atoms with Crippen LogP contribution in [0, 0.1) is 11.7 Å². The van der Waals surface area contributed by atoms with Crippen molar-refractivity contribution in [1.82, 2.24) is 14.5 Å². The molecule has 0 spiro atoms. The second kappa shape index (κ2) is 12.4. The van der Waals surface area contributed by atoms with Crippen molar-refractivity contribution >= 4 is 34.1 Å². The number of nitrogens with zero attached hydrogens (tertiary/aromatic N) is 2. The van der Waals surface area contributed by atoms with Gasteiger partial charge in [-0.1, -0.05) is 0 Å². The van der Waals surface area contributed by atoms with Crippen LogP contribution in [-0.2, 0) is 10.0 Å². The molecule has 8 nitrogen and oxygen atoms in total. The van der Waals surface area contributed by atoms with Gasteiger partial charge in [-0.2, -0.15) is 0 Å². The lowest BCUT2D eigenvalue weighted by molar-refractivity contribution is 0.0838. The number of piperidine rings is 1. The first-order chi connectivity index (χ1) is 16.1. The molecule has 192 valence electrons. The van der Waals surface area contributed by atoms with Gasteiger partial charge in [-0.05, 0) is 68.4 Å². The van der Waals surface area contributed by atoms with Crippen molar-refractivity contribution in [3.8, 4) is 5.75 Å². The Hall–Kier alpha value is -2.53. The third-order valence-corrected chi connectivity index (χ3v) is 7.81. The van der Waals surface area contributed by atoms with Crippen molar-refractivity contribution in [3.05, 3.63) is 59.4 Å². The van der Waals surface area contributed by atoms with E-state index in [1.54, 1.807) is 0 Å². The highest BCUT2D eigenvalue weighted by molar-refractivity contribution is 7.89. The highest BCUT2D eigenvalue weighted by Crippen LogP contribution is 2.24. The Bertz CT molecular complexity index is 1130. The summed E-state index contributed by atoms with van der Waals surface area (Å²) < 4.78 is 44.2. The van der Waals surface area contributed by atoms with Crippen LogP contribution in [0.25, 0.3) is 0 Å². The second-order valence-corrected chi connectivity index (χ2v) is 10.5. The van der Waals surface area contributed by atoms with Gasteiger partial charge in [0.25, 0.3) is 5.91 Å². The first kappa shape index (κ1) is 28.7. The van der Waals surface area contributed by atoms with Crippen molar-refractivity contribution in [2.45, 2.75) is 17.7 Å². The van der Waals surface area contributed by atoms with Gasteiger partial charge in [-0.25, -0.2) is 17.1 Å². The lowest BCUT2D eigenvalue weighted by Crippen LogP contribution is -2.41. The SMILES string of the molecule is COc1ccc(S(=O)(=O)N(C)C)cc1C(=O)NCCN1CCC(C(=O)c2ccc(F)cc2)CC1.Cl. The van der Waals surface area contributed by atoms with Gasteiger partial charge in [0.15, 0.2) is 5.78 Å². The summed E-state index contributed by atoms with van der Waals surface area (Å²) in [5, 5.41) is 2.82. The average Bonchev–Trinajstić information content (AvgIpc) is 2.83. The molecule has 1 saturated heterocycles. The summed E-state index contributed by atoms with van der Waals surface area (Å²) in [4.78, 5) is 27.5. The molecular weight excluding hydrogens is 497 g/mol. The van der Waals surface area contributed by atoms with Gasteiger partial charge in [0.2, 0.25) is 10.0 Å². The zero-order chi connectivity index (χ0) is 24.9. The Morgan fingerprint density at radius 2 is 1.74 bits per heavy atom. The van der Waals surface area contributed by atoms with Gasteiger partial charge >= 0.3 is 0 Å². The van der Waals surface area contributed by atoms with Gasteiger partial charge in [0, 0.05) is 38.7 Å². The number of hydrogen-bond acceptors (Lipinski definition) is 6. The number of amides is 1. The summed E-state index contributed by atoms with van der Waals surface area (Å²) in [6.07, 6.45) is 1.39. The van der Waals surface area contributed by atoms with E-state index in [4.69, 9.17) is 4.74 Å². The van der Waals surface area contributed by atoms with E-state index in [-0.39, 0.29) is 46.1 Å².